The number of nitrogens with one attached hydrogen (secondary N) is 1. The van der Waals surface area contributed by atoms with Crippen LogP contribution in [-0.4, -0.2) is 28.6 Å². The van der Waals surface area contributed by atoms with Crippen LogP contribution in [0, 0.1) is 12.8 Å². The summed E-state index contributed by atoms with van der Waals surface area (Å²) in [6.45, 7) is 5.99. The zero-order valence-corrected chi connectivity index (χ0v) is 10.7. The molecule has 2 N–H and O–H groups in total. The van der Waals surface area contributed by atoms with E-state index in [9.17, 15) is 4.79 Å². The van der Waals surface area contributed by atoms with Gasteiger partial charge < -0.3 is 10.4 Å². The van der Waals surface area contributed by atoms with Crippen LogP contribution in [0.4, 0.5) is 0 Å². The molecule has 90 valence electrons. The summed E-state index contributed by atoms with van der Waals surface area (Å²) in [4.78, 5) is 15.9. The van der Waals surface area contributed by atoms with Crippen molar-refractivity contribution in [1.29, 1.82) is 0 Å². The Bertz CT molecular complexity index is 350. The van der Waals surface area contributed by atoms with Crippen LogP contribution in [0.25, 0.3) is 0 Å². The largest absolute Gasteiger partial charge is 0.396 e. The van der Waals surface area contributed by atoms with E-state index in [1.54, 1.807) is 5.38 Å². The van der Waals surface area contributed by atoms with Crippen molar-refractivity contribution >= 4 is 17.2 Å². The molecule has 0 spiro atoms. The molecule has 0 aromatic carbocycles. The van der Waals surface area contributed by atoms with E-state index in [2.05, 4.69) is 10.3 Å². The molecule has 5 heteroatoms. The number of thiazole rings is 1. The van der Waals surface area contributed by atoms with Crippen LogP contribution < -0.4 is 5.32 Å². The number of aliphatic hydroxyl groups excluding tert-OH is 1. The predicted octanol–water partition coefficient (Wildman–Crippen LogP) is 1.59. The number of hydrogen-bond donors (Lipinski definition) is 2. The molecule has 16 heavy (non-hydrogen) atoms. The molecule has 0 aliphatic heterocycles. The van der Waals surface area contributed by atoms with Crippen molar-refractivity contribution in [2.75, 3.05) is 6.61 Å². The standard InChI is InChI=1S/C11H18N2O2S/c1-7(2)9(4-5-14)13-11(15)10-6-16-8(3)12-10/h6-7,9,14H,4-5H2,1-3H3,(H,13,15). The van der Waals surface area contributed by atoms with Gasteiger partial charge in [-0.3, -0.25) is 4.79 Å². The molecule has 1 atom stereocenters. The molecule has 0 aliphatic rings. The fourth-order valence-corrected chi connectivity index (χ4v) is 2.01. The summed E-state index contributed by atoms with van der Waals surface area (Å²) in [5, 5.41) is 14.4. The SMILES string of the molecule is Cc1nc(C(=O)NC(CCO)C(C)C)cs1. The quantitative estimate of drug-likeness (QED) is 0.824. The van der Waals surface area contributed by atoms with E-state index in [4.69, 9.17) is 5.11 Å². The molecule has 0 bridgehead atoms. The number of carbonyl (C=O) groups is 1. The van der Waals surface area contributed by atoms with Gasteiger partial charge in [0.1, 0.15) is 5.69 Å². The number of nitrogens with zero attached hydrogens (tertiary/aromatic N) is 1. The van der Waals surface area contributed by atoms with Gasteiger partial charge in [0.2, 0.25) is 0 Å². The highest BCUT2D eigenvalue weighted by Gasteiger charge is 2.17. The Morgan fingerprint density at radius 3 is 2.75 bits per heavy atom. The van der Waals surface area contributed by atoms with Gasteiger partial charge in [-0.2, -0.15) is 0 Å². The summed E-state index contributed by atoms with van der Waals surface area (Å²) in [5.74, 6) is 0.146. The minimum absolute atomic E-state index is 0.000457. The van der Waals surface area contributed by atoms with E-state index in [-0.39, 0.29) is 18.6 Å². The average molecular weight is 242 g/mol. The van der Waals surface area contributed by atoms with Crippen molar-refractivity contribution in [2.45, 2.75) is 33.2 Å². The topological polar surface area (TPSA) is 62.2 Å². The number of aliphatic hydroxyl groups is 1. The van der Waals surface area contributed by atoms with Gasteiger partial charge in [-0.05, 0) is 19.3 Å². The zero-order valence-electron chi connectivity index (χ0n) is 9.86. The third-order valence-electron chi connectivity index (χ3n) is 2.41. The average Bonchev–Trinajstić information content (AvgIpc) is 2.64. The van der Waals surface area contributed by atoms with Crippen molar-refractivity contribution in [3.8, 4) is 0 Å². The van der Waals surface area contributed by atoms with Crippen LogP contribution in [0.3, 0.4) is 0 Å². The number of rotatable bonds is 5. The fourth-order valence-electron chi connectivity index (χ4n) is 1.42. The molecule has 0 aliphatic carbocycles. The maximum Gasteiger partial charge on any atom is 0.270 e. The fraction of sp³-hybridized carbons (Fsp3) is 0.636. The van der Waals surface area contributed by atoms with Crippen LogP contribution >= 0.6 is 11.3 Å². The Morgan fingerprint density at radius 1 is 1.62 bits per heavy atom. The molecule has 4 nitrogen and oxygen atoms in total. The second-order valence-electron chi connectivity index (χ2n) is 4.09. The molecular formula is C11H18N2O2S. The van der Waals surface area contributed by atoms with Gasteiger partial charge in [-0.15, -0.1) is 11.3 Å². The number of carbonyl (C=O) groups excluding carboxylic acids is 1. The molecule has 0 radical (unpaired) electrons. The maximum atomic E-state index is 11.8. The second-order valence-corrected chi connectivity index (χ2v) is 5.15. The molecule has 1 rings (SSSR count). The van der Waals surface area contributed by atoms with E-state index in [0.29, 0.717) is 18.0 Å². The number of amides is 1. The highest BCUT2D eigenvalue weighted by atomic mass is 32.1. The normalized spacial score (nSPS) is 12.8. The first-order chi connectivity index (χ1) is 7.54. The van der Waals surface area contributed by atoms with E-state index in [0.717, 1.165) is 5.01 Å². The lowest BCUT2D eigenvalue weighted by Crippen LogP contribution is -2.39. The summed E-state index contributed by atoms with van der Waals surface area (Å²) in [6.07, 6.45) is 0.576. The minimum Gasteiger partial charge on any atom is -0.396 e. The summed E-state index contributed by atoms with van der Waals surface area (Å²) >= 11 is 1.46. The molecule has 0 saturated heterocycles. The van der Waals surface area contributed by atoms with Gasteiger partial charge in [0, 0.05) is 18.0 Å². The summed E-state index contributed by atoms with van der Waals surface area (Å²) in [6, 6.07) is -0.000457. The highest BCUT2D eigenvalue weighted by molar-refractivity contribution is 7.09. The van der Waals surface area contributed by atoms with E-state index < -0.39 is 0 Å². The van der Waals surface area contributed by atoms with Crippen molar-refractivity contribution < 1.29 is 9.90 Å². The smallest absolute Gasteiger partial charge is 0.270 e. The number of hydrogen-bond acceptors (Lipinski definition) is 4. The lowest BCUT2D eigenvalue weighted by molar-refractivity contribution is 0.0912. The highest BCUT2D eigenvalue weighted by Crippen LogP contribution is 2.10. The van der Waals surface area contributed by atoms with E-state index in [1.165, 1.54) is 11.3 Å². The lowest BCUT2D eigenvalue weighted by atomic mass is 10.0. The van der Waals surface area contributed by atoms with E-state index >= 15 is 0 Å². The van der Waals surface area contributed by atoms with Gasteiger partial charge in [0.15, 0.2) is 0 Å². The van der Waals surface area contributed by atoms with Crippen molar-refractivity contribution in [1.82, 2.24) is 10.3 Å². The first-order valence-electron chi connectivity index (χ1n) is 5.38. The summed E-state index contributed by atoms with van der Waals surface area (Å²) in [7, 11) is 0. The first-order valence-corrected chi connectivity index (χ1v) is 6.26. The van der Waals surface area contributed by atoms with Gasteiger partial charge in [0.05, 0.1) is 5.01 Å². The van der Waals surface area contributed by atoms with Gasteiger partial charge in [0.25, 0.3) is 5.91 Å². The monoisotopic (exact) mass is 242 g/mol. The third-order valence-corrected chi connectivity index (χ3v) is 3.19. The van der Waals surface area contributed by atoms with Gasteiger partial charge >= 0.3 is 0 Å². The zero-order chi connectivity index (χ0) is 12.1. The maximum absolute atomic E-state index is 11.8. The summed E-state index contributed by atoms with van der Waals surface area (Å²) < 4.78 is 0. The lowest BCUT2D eigenvalue weighted by Gasteiger charge is -2.20. The second kappa shape index (κ2) is 5.96. The molecule has 0 saturated carbocycles. The van der Waals surface area contributed by atoms with Gasteiger partial charge in [-0.25, -0.2) is 4.98 Å². The molecule has 1 aromatic heterocycles. The Labute approximate surface area is 99.7 Å². The van der Waals surface area contributed by atoms with Crippen molar-refractivity contribution in [3.63, 3.8) is 0 Å². The van der Waals surface area contributed by atoms with Crippen LogP contribution in [0.1, 0.15) is 35.8 Å². The Kier molecular flexibility index (Phi) is 4.89. The third kappa shape index (κ3) is 3.57. The van der Waals surface area contributed by atoms with Crippen molar-refractivity contribution in [2.24, 2.45) is 5.92 Å². The molecule has 1 aromatic rings. The number of aromatic nitrogens is 1. The Morgan fingerprint density at radius 2 is 2.31 bits per heavy atom. The Balaban J connectivity index is 2.61. The number of aryl methyl sites for hydroxylation is 1. The van der Waals surface area contributed by atoms with Gasteiger partial charge in [-0.1, -0.05) is 13.8 Å². The first kappa shape index (κ1) is 13.1. The molecule has 1 heterocycles. The van der Waals surface area contributed by atoms with Crippen LogP contribution in [-0.2, 0) is 0 Å². The molecule has 0 fully saturated rings. The Hall–Kier alpha value is -0.940. The van der Waals surface area contributed by atoms with Crippen LogP contribution in [0.15, 0.2) is 5.38 Å². The summed E-state index contributed by atoms with van der Waals surface area (Å²) in [5.41, 5.74) is 0.464. The van der Waals surface area contributed by atoms with Crippen molar-refractivity contribution in [3.05, 3.63) is 16.1 Å². The molecule has 1 unspecified atom stereocenters. The van der Waals surface area contributed by atoms with Crippen LogP contribution in [0.5, 0.6) is 0 Å². The molecular weight excluding hydrogens is 224 g/mol. The minimum atomic E-state index is -0.156. The molecule has 1 amide bonds. The van der Waals surface area contributed by atoms with E-state index in [1.807, 2.05) is 20.8 Å². The predicted molar refractivity (Wildman–Crippen MR) is 64.6 cm³/mol. The van der Waals surface area contributed by atoms with Crippen LogP contribution in [0.2, 0.25) is 0 Å².